The van der Waals surface area contributed by atoms with E-state index >= 15 is 0 Å². The van der Waals surface area contributed by atoms with Crippen LogP contribution in [0.3, 0.4) is 0 Å². The van der Waals surface area contributed by atoms with Crippen molar-refractivity contribution in [2.45, 2.75) is 84.9 Å². The van der Waals surface area contributed by atoms with Crippen molar-refractivity contribution in [2.75, 3.05) is 6.54 Å². The molecule has 0 aromatic rings. The molecule has 1 saturated heterocycles. The van der Waals surface area contributed by atoms with Crippen LogP contribution in [0.15, 0.2) is 0 Å². The summed E-state index contributed by atoms with van der Waals surface area (Å²) in [5.41, 5.74) is -1.10. The van der Waals surface area contributed by atoms with E-state index in [1.165, 1.54) is 0 Å². The summed E-state index contributed by atoms with van der Waals surface area (Å²) in [7, 11) is -0.226. The van der Waals surface area contributed by atoms with Crippen molar-refractivity contribution in [1.29, 1.82) is 0 Å². The van der Waals surface area contributed by atoms with E-state index in [4.69, 9.17) is 14.0 Å². The molecule has 0 aromatic carbocycles. The molecule has 0 aliphatic carbocycles. The first-order valence-corrected chi connectivity index (χ1v) is 8.19. The van der Waals surface area contributed by atoms with E-state index in [0.717, 1.165) is 12.7 Å². The van der Waals surface area contributed by atoms with Crippen LogP contribution in [0.4, 0.5) is 4.79 Å². The van der Waals surface area contributed by atoms with E-state index in [2.05, 4.69) is 12.2 Å². The summed E-state index contributed by atoms with van der Waals surface area (Å²) < 4.78 is 17.3. The van der Waals surface area contributed by atoms with Gasteiger partial charge in [0.2, 0.25) is 0 Å². The van der Waals surface area contributed by atoms with Gasteiger partial charge in [-0.05, 0) is 60.7 Å². The summed E-state index contributed by atoms with van der Waals surface area (Å²) in [6.07, 6.45) is 1.33. The lowest BCUT2D eigenvalue weighted by Crippen LogP contribution is -2.41. The topological polar surface area (TPSA) is 56.8 Å². The van der Waals surface area contributed by atoms with Crippen LogP contribution >= 0.6 is 0 Å². The lowest BCUT2D eigenvalue weighted by atomic mass is 9.76. The maximum absolute atomic E-state index is 11.7. The smallest absolute Gasteiger partial charge is 0.444 e. The molecule has 1 unspecified atom stereocenters. The minimum absolute atomic E-state index is 0.226. The highest BCUT2D eigenvalue weighted by Crippen LogP contribution is 2.38. The average Bonchev–Trinajstić information content (AvgIpc) is 2.50. The molecule has 1 aliphatic heterocycles. The Labute approximate surface area is 135 Å². The third-order valence-corrected chi connectivity index (χ3v) is 4.34. The van der Waals surface area contributed by atoms with Crippen molar-refractivity contribution in [3.05, 3.63) is 0 Å². The van der Waals surface area contributed by atoms with Crippen molar-refractivity contribution >= 4 is 13.2 Å². The Morgan fingerprint density at radius 3 is 2.09 bits per heavy atom. The molecule has 1 fully saturated rings. The van der Waals surface area contributed by atoms with Gasteiger partial charge in [0, 0.05) is 6.54 Å². The monoisotopic (exact) mass is 313 g/mol. The van der Waals surface area contributed by atoms with Crippen LogP contribution in [0.1, 0.15) is 61.8 Å². The molecule has 0 radical (unpaired) electrons. The Morgan fingerprint density at radius 1 is 1.18 bits per heavy atom. The molecule has 0 bridgehead atoms. The minimum Gasteiger partial charge on any atom is -0.444 e. The Morgan fingerprint density at radius 2 is 1.68 bits per heavy atom. The number of rotatable bonds is 5. The first-order valence-electron chi connectivity index (χ1n) is 8.19. The van der Waals surface area contributed by atoms with E-state index in [1.54, 1.807) is 0 Å². The van der Waals surface area contributed by atoms with Gasteiger partial charge >= 0.3 is 13.2 Å². The molecule has 0 saturated carbocycles. The summed E-state index contributed by atoms with van der Waals surface area (Å²) in [5, 5.41) is 2.83. The summed E-state index contributed by atoms with van der Waals surface area (Å²) in [4.78, 5) is 11.7. The second kappa shape index (κ2) is 6.79. The maximum Gasteiger partial charge on any atom is 0.458 e. The summed E-state index contributed by atoms with van der Waals surface area (Å²) in [6.45, 7) is 16.4. The number of carbonyl (C=O) groups excluding carboxylic acids is 1. The van der Waals surface area contributed by atoms with Gasteiger partial charge in [-0.1, -0.05) is 13.3 Å². The first kappa shape index (κ1) is 19.3. The summed E-state index contributed by atoms with van der Waals surface area (Å²) in [6, 6.07) is 0. The summed E-state index contributed by atoms with van der Waals surface area (Å²) in [5.74, 6) is 0.294. The molecule has 1 aliphatic rings. The predicted octanol–water partition coefficient (Wildman–Crippen LogP) is 3.63. The zero-order valence-corrected chi connectivity index (χ0v) is 15.4. The van der Waals surface area contributed by atoms with Gasteiger partial charge in [0.25, 0.3) is 0 Å². The molecule has 5 nitrogen and oxygen atoms in total. The highest BCUT2D eigenvalue weighted by Gasteiger charge is 2.51. The van der Waals surface area contributed by atoms with Crippen LogP contribution in [-0.4, -0.2) is 36.6 Å². The zero-order chi connectivity index (χ0) is 17.2. The number of amides is 1. The molecule has 1 amide bonds. The van der Waals surface area contributed by atoms with Gasteiger partial charge in [0.05, 0.1) is 11.2 Å². The third kappa shape index (κ3) is 5.47. The molecule has 0 aromatic heterocycles. The molecule has 128 valence electrons. The van der Waals surface area contributed by atoms with Crippen molar-refractivity contribution in [1.82, 2.24) is 5.32 Å². The van der Waals surface area contributed by atoms with Gasteiger partial charge in [0.15, 0.2) is 0 Å². The second-order valence-electron chi connectivity index (χ2n) is 8.08. The third-order valence-electron chi connectivity index (χ3n) is 4.34. The van der Waals surface area contributed by atoms with E-state index in [1.807, 2.05) is 48.5 Å². The normalized spacial score (nSPS) is 21.5. The number of hydrogen-bond acceptors (Lipinski definition) is 4. The number of carbonyl (C=O) groups is 1. The Bertz CT molecular complexity index is 374. The molecular formula is C16H32BNO4. The highest BCUT2D eigenvalue weighted by molar-refractivity contribution is 6.45. The van der Waals surface area contributed by atoms with E-state index in [0.29, 0.717) is 12.5 Å². The number of alkyl carbamates (subject to hydrolysis) is 1. The van der Waals surface area contributed by atoms with Gasteiger partial charge in [-0.15, -0.1) is 0 Å². The highest BCUT2D eigenvalue weighted by atomic mass is 16.7. The Kier molecular flexibility index (Phi) is 5.96. The van der Waals surface area contributed by atoms with Crippen molar-refractivity contribution in [2.24, 2.45) is 5.92 Å². The number of ether oxygens (including phenoxy) is 1. The molecule has 22 heavy (non-hydrogen) atoms. The summed E-state index contributed by atoms with van der Waals surface area (Å²) >= 11 is 0. The van der Waals surface area contributed by atoms with E-state index in [-0.39, 0.29) is 24.4 Å². The van der Waals surface area contributed by atoms with Gasteiger partial charge in [-0.2, -0.15) is 0 Å². The van der Waals surface area contributed by atoms with Gasteiger partial charge in [0.1, 0.15) is 5.60 Å². The Balaban J connectivity index is 2.45. The fraction of sp³-hybridized carbons (Fsp3) is 0.938. The molecule has 1 heterocycles. The molecule has 1 N–H and O–H groups in total. The standard InChI is InChI=1S/C16H32BNO4/c1-9-12(11-18-13(19)20-14(2,3)4)10-17-21-15(5,6)16(7,8)22-17/h12H,9-11H2,1-8H3,(H,18,19). The minimum atomic E-state index is -0.475. The molecular weight excluding hydrogens is 281 g/mol. The van der Waals surface area contributed by atoms with Crippen molar-refractivity contribution in [3.8, 4) is 0 Å². The average molecular weight is 313 g/mol. The molecule has 1 atom stereocenters. The fourth-order valence-electron chi connectivity index (χ4n) is 2.27. The Hall–Kier alpha value is -0.745. The second-order valence-corrected chi connectivity index (χ2v) is 8.08. The van der Waals surface area contributed by atoms with Crippen LogP contribution in [0, 0.1) is 5.92 Å². The first-order chi connectivity index (χ1) is 9.86. The van der Waals surface area contributed by atoms with Crippen LogP contribution < -0.4 is 5.32 Å². The quantitative estimate of drug-likeness (QED) is 0.788. The molecule has 0 spiro atoms. The van der Waals surface area contributed by atoms with Crippen molar-refractivity contribution in [3.63, 3.8) is 0 Å². The zero-order valence-electron chi connectivity index (χ0n) is 15.4. The largest absolute Gasteiger partial charge is 0.458 e. The van der Waals surface area contributed by atoms with Crippen molar-refractivity contribution < 1.29 is 18.8 Å². The molecule has 1 rings (SSSR count). The van der Waals surface area contributed by atoms with Crippen LogP contribution in [-0.2, 0) is 14.0 Å². The SMILES string of the molecule is CCC(CNC(=O)OC(C)(C)C)CB1OC(C)(C)C(C)(C)O1. The van der Waals surface area contributed by atoms with E-state index in [9.17, 15) is 4.79 Å². The predicted molar refractivity (Wildman–Crippen MR) is 88.9 cm³/mol. The van der Waals surface area contributed by atoms with Crippen LogP contribution in [0.2, 0.25) is 6.32 Å². The van der Waals surface area contributed by atoms with Gasteiger partial charge in [-0.3, -0.25) is 0 Å². The maximum atomic E-state index is 11.7. The van der Waals surface area contributed by atoms with Crippen LogP contribution in [0.25, 0.3) is 0 Å². The van der Waals surface area contributed by atoms with Crippen LogP contribution in [0.5, 0.6) is 0 Å². The van der Waals surface area contributed by atoms with E-state index < -0.39 is 5.60 Å². The lowest BCUT2D eigenvalue weighted by Gasteiger charge is -2.32. The number of nitrogens with one attached hydrogen (secondary N) is 1. The molecule has 6 heteroatoms. The fourth-order valence-corrected chi connectivity index (χ4v) is 2.27. The van der Waals surface area contributed by atoms with Gasteiger partial charge in [-0.25, -0.2) is 4.79 Å². The number of hydrogen-bond donors (Lipinski definition) is 1. The van der Waals surface area contributed by atoms with Gasteiger partial charge < -0.3 is 19.4 Å². The lowest BCUT2D eigenvalue weighted by molar-refractivity contribution is 0.00578.